The van der Waals surface area contributed by atoms with E-state index in [4.69, 9.17) is 11.6 Å². The molecule has 0 aliphatic rings. The lowest BCUT2D eigenvalue weighted by atomic mass is 10.2. The number of hydrogen-bond donors (Lipinski definition) is 1. The van der Waals surface area contributed by atoms with Crippen LogP contribution in [0.2, 0.25) is 4.34 Å². The van der Waals surface area contributed by atoms with Crippen LogP contribution in [-0.4, -0.2) is 10.9 Å². The van der Waals surface area contributed by atoms with Crippen LogP contribution in [0.4, 0.5) is 0 Å². The van der Waals surface area contributed by atoms with Crippen LogP contribution in [-0.2, 0) is 4.79 Å². The highest BCUT2D eigenvalue weighted by Crippen LogP contribution is 2.26. The Labute approximate surface area is 125 Å². The number of amides is 1. The topological polar surface area (TPSA) is 42.0 Å². The van der Waals surface area contributed by atoms with Crippen LogP contribution in [0.3, 0.4) is 0 Å². The molecule has 0 saturated heterocycles. The van der Waals surface area contributed by atoms with Gasteiger partial charge in [-0.05, 0) is 32.1 Å². The van der Waals surface area contributed by atoms with Crippen molar-refractivity contribution in [3.05, 3.63) is 43.5 Å². The highest BCUT2D eigenvalue weighted by Gasteiger charge is 2.09. The Hall–Kier alpha value is -1.17. The molecule has 1 amide bonds. The molecule has 2 aromatic rings. The summed E-state index contributed by atoms with van der Waals surface area (Å²) in [6.07, 6.45) is 3.22. The lowest BCUT2D eigenvalue weighted by Gasteiger charge is -2.09. The maximum atomic E-state index is 11.8. The molecule has 3 nitrogen and oxygen atoms in total. The van der Waals surface area contributed by atoms with Gasteiger partial charge in [-0.3, -0.25) is 4.79 Å². The van der Waals surface area contributed by atoms with Gasteiger partial charge in [-0.2, -0.15) is 0 Å². The average molecular weight is 313 g/mol. The van der Waals surface area contributed by atoms with E-state index in [2.05, 4.69) is 10.3 Å². The third kappa shape index (κ3) is 4.16. The van der Waals surface area contributed by atoms with E-state index in [0.29, 0.717) is 0 Å². The van der Waals surface area contributed by atoms with Crippen LogP contribution in [0, 0.1) is 6.92 Å². The van der Waals surface area contributed by atoms with Crippen molar-refractivity contribution in [3.63, 3.8) is 0 Å². The zero-order chi connectivity index (χ0) is 13.8. The van der Waals surface area contributed by atoms with Gasteiger partial charge in [-0.15, -0.1) is 22.7 Å². The maximum Gasteiger partial charge on any atom is 0.244 e. The van der Waals surface area contributed by atoms with Crippen LogP contribution < -0.4 is 5.32 Å². The fraction of sp³-hybridized carbons (Fsp3) is 0.231. The zero-order valence-electron chi connectivity index (χ0n) is 10.5. The predicted molar refractivity (Wildman–Crippen MR) is 81.8 cm³/mol. The van der Waals surface area contributed by atoms with Crippen molar-refractivity contribution in [2.75, 3.05) is 0 Å². The Morgan fingerprint density at radius 3 is 2.89 bits per heavy atom. The number of carbonyl (C=O) groups excluding carboxylic acids is 1. The van der Waals surface area contributed by atoms with Gasteiger partial charge in [0, 0.05) is 16.3 Å². The van der Waals surface area contributed by atoms with Gasteiger partial charge in [0.1, 0.15) is 0 Å². The Morgan fingerprint density at radius 2 is 2.32 bits per heavy atom. The van der Waals surface area contributed by atoms with Crippen molar-refractivity contribution in [2.45, 2.75) is 19.9 Å². The van der Waals surface area contributed by atoms with Crippen molar-refractivity contribution in [2.24, 2.45) is 0 Å². The van der Waals surface area contributed by atoms with Crippen LogP contribution in [0.5, 0.6) is 0 Å². The number of aromatic nitrogens is 1. The molecule has 2 heterocycles. The summed E-state index contributed by atoms with van der Waals surface area (Å²) in [6, 6.07) is 3.70. The summed E-state index contributed by atoms with van der Waals surface area (Å²) in [6.45, 7) is 3.87. The molecule has 6 heteroatoms. The van der Waals surface area contributed by atoms with E-state index in [-0.39, 0.29) is 11.9 Å². The van der Waals surface area contributed by atoms with Crippen molar-refractivity contribution < 1.29 is 4.79 Å². The molecule has 1 unspecified atom stereocenters. The first-order valence-electron chi connectivity index (χ1n) is 5.70. The van der Waals surface area contributed by atoms with Gasteiger partial charge >= 0.3 is 0 Å². The molecule has 0 spiro atoms. The molecule has 0 aliphatic carbocycles. The van der Waals surface area contributed by atoms with Crippen LogP contribution in [0.1, 0.15) is 28.5 Å². The molecule has 1 N–H and O–H groups in total. The first-order valence-corrected chi connectivity index (χ1v) is 7.78. The second kappa shape index (κ2) is 6.32. The molecular weight excluding hydrogens is 300 g/mol. The number of halogens is 1. The van der Waals surface area contributed by atoms with Gasteiger partial charge in [0.05, 0.1) is 21.1 Å². The number of thiazole rings is 1. The Kier molecular flexibility index (Phi) is 4.74. The van der Waals surface area contributed by atoms with Gasteiger partial charge in [-0.1, -0.05) is 11.6 Å². The van der Waals surface area contributed by atoms with E-state index in [9.17, 15) is 4.79 Å². The molecule has 0 bridgehead atoms. The molecule has 0 aliphatic heterocycles. The Morgan fingerprint density at radius 1 is 1.53 bits per heavy atom. The summed E-state index contributed by atoms with van der Waals surface area (Å²) >= 11 is 8.90. The summed E-state index contributed by atoms with van der Waals surface area (Å²) in [7, 11) is 0. The van der Waals surface area contributed by atoms with Crippen LogP contribution in [0.25, 0.3) is 6.08 Å². The number of nitrogens with one attached hydrogen (secondary N) is 1. The van der Waals surface area contributed by atoms with E-state index in [1.807, 2.05) is 31.4 Å². The van der Waals surface area contributed by atoms with E-state index in [1.165, 1.54) is 17.4 Å². The van der Waals surface area contributed by atoms with E-state index in [1.54, 1.807) is 17.4 Å². The SMILES string of the molecule is Cc1nc(C=CC(=O)NC(C)c2ccc(Cl)s2)cs1. The van der Waals surface area contributed by atoms with Gasteiger partial charge in [-0.25, -0.2) is 4.98 Å². The quantitative estimate of drug-likeness (QED) is 0.865. The smallest absolute Gasteiger partial charge is 0.244 e. The van der Waals surface area contributed by atoms with Gasteiger partial charge in [0.25, 0.3) is 0 Å². The van der Waals surface area contributed by atoms with Crippen LogP contribution >= 0.6 is 34.3 Å². The predicted octanol–water partition coefficient (Wildman–Crippen LogP) is 4.06. The van der Waals surface area contributed by atoms with Crippen molar-refractivity contribution >= 4 is 46.3 Å². The van der Waals surface area contributed by atoms with E-state index < -0.39 is 0 Å². The number of hydrogen-bond acceptors (Lipinski definition) is 4. The number of aryl methyl sites for hydroxylation is 1. The molecule has 19 heavy (non-hydrogen) atoms. The minimum Gasteiger partial charge on any atom is -0.345 e. The highest BCUT2D eigenvalue weighted by atomic mass is 35.5. The first kappa shape index (κ1) is 14.2. The lowest BCUT2D eigenvalue weighted by Crippen LogP contribution is -2.23. The fourth-order valence-electron chi connectivity index (χ4n) is 1.51. The molecule has 0 radical (unpaired) electrons. The summed E-state index contributed by atoms with van der Waals surface area (Å²) in [5, 5.41) is 5.79. The van der Waals surface area contributed by atoms with Crippen molar-refractivity contribution in [3.8, 4) is 0 Å². The first-order chi connectivity index (χ1) is 9.04. The Balaban J connectivity index is 1.92. The number of nitrogens with zero attached hydrogens (tertiary/aromatic N) is 1. The minimum absolute atomic E-state index is 0.0492. The third-order valence-corrected chi connectivity index (χ3v) is 4.63. The molecule has 0 aromatic carbocycles. The lowest BCUT2D eigenvalue weighted by molar-refractivity contribution is -0.117. The minimum atomic E-state index is -0.136. The third-order valence-electron chi connectivity index (χ3n) is 2.42. The molecule has 1 atom stereocenters. The molecule has 2 rings (SSSR count). The largest absolute Gasteiger partial charge is 0.345 e. The molecule has 100 valence electrons. The van der Waals surface area contributed by atoms with Crippen LogP contribution in [0.15, 0.2) is 23.6 Å². The fourth-order valence-corrected chi connectivity index (χ4v) is 3.16. The second-order valence-electron chi connectivity index (χ2n) is 4.00. The van der Waals surface area contributed by atoms with Gasteiger partial charge in [0.15, 0.2) is 0 Å². The normalized spacial score (nSPS) is 12.8. The van der Waals surface area contributed by atoms with E-state index in [0.717, 1.165) is 19.9 Å². The number of thiophene rings is 1. The summed E-state index contributed by atoms with van der Waals surface area (Å²) in [4.78, 5) is 17.1. The number of rotatable bonds is 4. The standard InChI is InChI=1S/C13H13ClN2OS2/c1-8(11-4-5-12(14)19-11)15-13(17)6-3-10-7-18-9(2)16-10/h3-8H,1-2H3,(H,15,17). The Bertz CT molecular complexity index is 603. The van der Waals surface area contributed by atoms with Gasteiger partial charge < -0.3 is 5.32 Å². The zero-order valence-corrected chi connectivity index (χ0v) is 12.9. The number of carbonyl (C=O) groups is 1. The maximum absolute atomic E-state index is 11.8. The second-order valence-corrected chi connectivity index (χ2v) is 6.81. The molecule has 2 aromatic heterocycles. The van der Waals surface area contributed by atoms with E-state index >= 15 is 0 Å². The molecule has 0 fully saturated rings. The van der Waals surface area contributed by atoms with Gasteiger partial charge in [0.2, 0.25) is 5.91 Å². The highest BCUT2D eigenvalue weighted by molar-refractivity contribution is 7.16. The monoisotopic (exact) mass is 312 g/mol. The average Bonchev–Trinajstić information content (AvgIpc) is 2.95. The summed E-state index contributed by atoms with van der Waals surface area (Å²) in [5.74, 6) is -0.136. The van der Waals surface area contributed by atoms with Crippen molar-refractivity contribution in [1.29, 1.82) is 0 Å². The van der Waals surface area contributed by atoms with Crippen molar-refractivity contribution in [1.82, 2.24) is 10.3 Å². The summed E-state index contributed by atoms with van der Waals surface area (Å²) < 4.78 is 0.726. The molecule has 0 saturated carbocycles. The molecular formula is C13H13ClN2OS2. The summed E-state index contributed by atoms with van der Waals surface area (Å²) in [5.41, 5.74) is 0.810.